The number of carbonyl (C=O) groups excluding carboxylic acids is 1. The fourth-order valence-corrected chi connectivity index (χ4v) is 6.02. The Hall–Kier alpha value is -2.22. The lowest BCUT2D eigenvalue weighted by Crippen LogP contribution is -2.35. The summed E-state index contributed by atoms with van der Waals surface area (Å²) in [6.45, 7) is 9.96. The number of aromatic nitrogens is 4. The summed E-state index contributed by atoms with van der Waals surface area (Å²) in [7, 11) is -2.70. The van der Waals surface area contributed by atoms with Crippen LogP contribution >= 0.6 is 19.8 Å². The van der Waals surface area contributed by atoms with Gasteiger partial charge in [0.25, 0.3) is 0 Å². The standard InChI is InChI=1S/C21H31ClFN7O6P/c1-6-29(7-2)14-12-15(27-19(24)26-14)30(9-25-12)16-13(23)21(32)18(20(21,8-22)35-16)36-37(33)28-11(5)17(31)34-10(3)4/h9-11,13,16,18,32H,6-8H2,1-5H3,(H,28,33)(H2,24,26,27)/q+1/t11-,13-,16+,18?,20+,21+/m0/s1. The third kappa shape index (κ3) is 4.43. The SMILES string of the molecule is CCN(CC)c1nc(N)nc2c1ncn2[C@@H]1O[C@]2(CCl)C(O[P+](=O)N[C@@H](C)C(=O)OC(C)C)[C@]2(O)[C@H]1F. The lowest BCUT2D eigenvalue weighted by molar-refractivity contribution is -0.149. The molecule has 204 valence electrons. The number of aliphatic hydroxyl groups is 1. The van der Waals surface area contributed by atoms with Crippen LogP contribution in [0.5, 0.6) is 0 Å². The number of fused-ring (bicyclic) bond motifs is 2. The van der Waals surface area contributed by atoms with Crippen LogP contribution in [0.15, 0.2) is 6.33 Å². The van der Waals surface area contributed by atoms with E-state index in [2.05, 4.69) is 20.0 Å². The van der Waals surface area contributed by atoms with Crippen molar-refractivity contribution in [3.8, 4) is 0 Å². The molecule has 0 amide bonds. The molecule has 1 saturated carbocycles. The number of nitrogens with zero attached hydrogens (tertiary/aromatic N) is 5. The third-order valence-electron chi connectivity index (χ3n) is 6.58. The van der Waals surface area contributed by atoms with E-state index in [1.807, 2.05) is 18.7 Å². The average molecular weight is 563 g/mol. The summed E-state index contributed by atoms with van der Waals surface area (Å²) >= 11 is 6.11. The maximum absolute atomic E-state index is 15.8. The first-order valence-electron chi connectivity index (χ1n) is 11.9. The van der Waals surface area contributed by atoms with Gasteiger partial charge in [-0.1, -0.05) is 5.09 Å². The Morgan fingerprint density at radius 1 is 1.41 bits per heavy atom. The fourth-order valence-electron chi connectivity index (χ4n) is 4.60. The fraction of sp³-hybridized carbons (Fsp3) is 0.714. The molecule has 1 saturated heterocycles. The van der Waals surface area contributed by atoms with E-state index >= 15 is 4.39 Å². The molecule has 13 nitrogen and oxygen atoms in total. The minimum absolute atomic E-state index is 0.0325. The minimum atomic E-state index is -2.70. The van der Waals surface area contributed by atoms with E-state index in [0.717, 1.165) is 0 Å². The van der Waals surface area contributed by atoms with Gasteiger partial charge in [0, 0.05) is 13.1 Å². The molecule has 37 heavy (non-hydrogen) atoms. The number of halogens is 2. The molecule has 16 heteroatoms. The molecule has 1 aliphatic carbocycles. The van der Waals surface area contributed by atoms with Crippen LogP contribution in [0.2, 0.25) is 0 Å². The van der Waals surface area contributed by atoms with E-state index in [1.165, 1.54) is 17.8 Å². The van der Waals surface area contributed by atoms with Gasteiger partial charge >= 0.3 is 14.1 Å². The molecule has 2 aromatic rings. The van der Waals surface area contributed by atoms with E-state index in [0.29, 0.717) is 24.4 Å². The summed E-state index contributed by atoms with van der Waals surface area (Å²) in [6.07, 6.45) is -3.79. The molecule has 0 bridgehead atoms. The first-order chi connectivity index (χ1) is 17.4. The molecule has 3 heterocycles. The van der Waals surface area contributed by atoms with Crippen molar-refractivity contribution >= 4 is 48.7 Å². The van der Waals surface area contributed by atoms with Crippen LogP contribution < -0.4 is 15.7 Å². The monoisotopic (exact) mass is 562 g/mol. The Morgan fingerprint density at radius 2 is 2.08 bits per heavy atom. The highest BCUT2D eigenvalue weighted by Crippen LogP contribution is 2.67. The van der Waals surface area contributed by atoms with Crippen molar-refractivity contribution in [3.05, 3.63) is 6.33 Å². The van der Waals surface area contributed by atoms with Crippen LogP contribution in [-0.4, -0.2) is 85.2 Å². The van der Waals surface area contributed by atoms with Crippen molar-refractivity contribution in [2.24, 2.45) is 0 Å². The van der Waals surface area contributed by atoms with Crippen molar-refractivity contribution in [3.63, 3.8) is 0 Å². The largest absolute Gasteiger partial charge is 0.614 e. The zero-order valence-electron chi connectivity index (χ0n) is 21.1. The number of alkyl halides is 2. The van der Waals surface area contributed by atoms with Gasteiger partial charge < -0.3 is 25.2 Å². The van der Waals surface area contributed by atoms with Gasteiger partial charge in [0.15, 0.2) is 46.7 Å². The highest BCUT2D eigenvalue weighted by atomic mass is 35.5. The molecule has 7 atom stereocenters. The molecular weight excluding hydrogens is 532 g/mol. The summed E-state index contributed by atoms with van der Waals surface area (Å²) < 4.78 is 46.0. The topological polar surface area (TPSA) is 167 Å². The van der Waals surface area contributed by atoms with E-state index < -0.39 is 49.9 Å². The maximum Gasteiger partial charge on any atom is 0.614 e. The Bertz CT molecular complexity index is 1200. The average Bonchev–Trinajstić information content (AvgIpc) is 3.08. The van der Waals surface area contributed by atoms with Crippen LogP contribution in [-0.2, 0) is 23.4 Å². The smallest absolute Gasteiger partial charge is 0.462 e. The second-order valence-electron chi connectivity index (χ2n) is 9.24. The van der Waals surface area contributed by atoms with Gasteiger partial charge in [0.2, 0.25) is 5.95 Å². The van der Waals surface area contributed by atoms with Crippen LogP contribution in [0.25, 0.3) is 11.2 Å². The number of carbonyl (C=O) groups is 1. The van der Waals surface area contributed by atoms with Crippen molar-refractivity contribution in [1.29, 1.82) is 0 Å². The van der Waals surface area contributed by atoms with Crippen LogP contribution in [0.1, 0.15) is 40.8 Å². The zero-order valence-corrected chi connectivity index (χ0v) is 22.7. The molecule has 0 spiro atoms. The number of anilines is 2. The molecule has 1 aliphatic heterocycles. The molecule has 2 unspecified atom stereocenters. The molecule has 2 aliphatic rings. The quantitative estimate of drug-likeness (QED) is 0.207. The number of esters is 1. The summed E-state index contributed by atoms with van der Waals surface area (Å²) in [5, 5.41) is 13.7. The number of nitrogens with two attached hydrogens (primary N) is 1. The lowest BCUT2D eigenvalue weighted by Gasteiger charge is -2.22. The first kappa shape index (κ1) is 27.8. The van der Waals surface area contributed by atoms with E-state index in [-0.39, 0.29) is 23.6 Å². The molecule has 2 fully saturated rings. The normalized spacial score (nSPS) is 29.9. The summed E-state index contributed by atoms with van der Waals surface area (Å²) in [5.74, 6) is -0.534. The minimum Gasteiger partial charge on any atom is -0.462 e. The van der Waals surface area contributed by atoms with Gasteiger partial charge in [-0.25, -0.2) is 9.37 Å². The van der Waals surface area contributed by atoms with Crippen LogP contribution in [0.4, 0.5) is 16.2 Å². The van der Waals surface area contributed by atoms with Crippen molar-refractivity contribution in [2.75, 3.05) is 29.6 Å². The van der Waals surface area contributed by atoms with Crippen LogP contribution in [0.3, 0.4) is 0 Å². The molecule has 0 aromatic carbocycles. The van der Waals surface area contributed by atoms with Gasteiger partial charge in [0.1, 0.15) is 6.04 Å². The number of imidazole rings is 1. The van der Waals surface area contributed by atoms with Crippen molar-refractivity contribution < 1.29 is 32.9 Å². The van der Waals surface area contributed by atoms with E-state index in [9.17, 15) is 14.5 Å². The van der Waals surface area contributed by atoms with Gasteiger partial charge in [0.05, 0.1) is 18.3 Å². The Labute approximate surface area is 218 Å². The van der Waals surface area contributed by atoms with Gasteiger partial charge in [-0.2, -0.15) is 9.97 Å². The second kappa shape index (κ2) is 10.2. The number of ether oxygens (including phenoxy) is 2. The number of hydrogen-bond acceptors (Lipinski definition) is 11. The van der Waals surface area contributed by atoms with E-state index in [4.69, 9.17) is 31.3 Å². The Kier molecular flexibility index (Phi) is 7.63. The van der Waals surface area contributed by atoms with Gasteiger partial charge in [-0.3, -0.25) is 9.36 Å². The first-order valence-corrected chi connectivity index (χ1v) is 13.6. The molecule has 4 N–H and O–H groups in total. The number of nitrogen functional groups attached to an aromatic ring is 1. The van der Waals surface area contributed by atoms with Gasteiger partial charge in [-0.05, 0) is 39.2 Å². The number of hydrogen-bond donors (Lipinski definition) is 3. The third-order valence-corrected chi connectivity index (χ3v) is 7.98. The highest BCUT2D eigenvalue weighted by molar-refractivity contribution is 7.36. The van der Waals surface area contributed by atoms with E-state index in [1.54, 1.807) is 13.8 Å². The second-order valence-corrected chi connectivity index (χ2v) is 10.5. The highest BCUT2D eigenvalue weighted by Gasteiger charge is 2.91. The molecule has 4 rings (SSSR count). The lowest BCUT2D eigenvalue weighted by atomic mass is 10.1. The predicted octanol–water partition coefficient (Wildman–Crippen LogP) is 1.82. The Morgan fingerprint density at radius 3 is 2.65 bits per heavy atom. The molecule has 2 aromatic heterocycles. The van der Waals surface area contributed by atoms with Gasteiger partial charge in [-0.15, -0.1) is 16.1 Å². The summed E-state index contributed by atoms with van der Waals surface area (Å²) in [6, 6.07) is -0.969. The van der Waals surface area contributed by atoms with Crippen molar-refractivity contribution in [2.45, 2.75) is 76.5 Å². The maximum atomic E-state index is 15.8. The van der Waals surface area contributed by atoms with Crippen molar-refractivity contribution in [1.82, 2.24) is 24.6 Å². The number of nitrogens with one attached hydrogen (secondary N) is 1. The van der Waals surface area contributed by atoms with Crippen LogP contribution in [0, 0.1) is 0 Å². The summed E-state index contributed by atoms with van der Waals surface area (Å²) in [5.41, 5.74) is 2.64. The molecule has 0 radical (unpaired) electrons. The zero-order chi connectivity index (χ0) is 27.3. The number of rotatable bonds is 11. The summed E-state index contributed by atoms with van der Waals surface area (Å²) in [4.78, 5) is 26.8. The predicted molar refractivity (Wildman–Crippen MR) is 133 cm³/mol. The Balaban J connectivity index is 1.55. The molecular formula is C21H31ClFN7O6P+.